The third-order valence-electron chi connectivity index (χ3n) is 7.34. The fraction of sp³-hybridized carbons (Fsp3) is 0.538. The van der Waals surface area contributed by atoms with Gasteiger partial charge in [-0.3, -0.25) is 14.5 Å². The summed E-state index contributed by atoms with van der Waals surface area (Å²) in [5.41, 5.74) is -0.476. The van der Waals surface area contributed by atoms with Gasteiger partial charge in [0.15, 0.2) is 0 Å². The lowest BCUT2D eigenvalue weighted by atomic mass is 9.89. The van der Waals surface area contributed by atoms with Crippen LogP contribution in [-0.2, 0) is 15.8 Å². The molecule has 0 amide bonds. The number of carbonyl (C=O) groups is 2. The molecule has 2 aromatic carbocycles. The van der Waals surface area contributed by atoms with Crippen molar-refractivity contribution in [3.8, 4) is 5.75 Å². The first-order valence-corrected chi connectivity index (χ1v) is 12.0. The van der Waals surface area contributed by atoms with Crippen molar-refractivity contribution in [1.82, 2.24) is 4.90 Å². The van der Waals surface area contributed by atoms with Crippen molar-refractivity contribution < 1.29 is 37.7 Å². The minimum Gasteiger partial charge on any atom is -0.490 e. The van der Waals surface area contributed by atoms with E-state index < -0.39 is 35.6 Å². The number of halogens is 3. The van der Waals surface area contributed by atoms with Gasteiger partial charge in [0, 0.05) is 13.1 Å². The van der Waals surface area contributed by atoms with Crippen LogP contribution in [0.15, 0.2) is 30.3 Å². The molecule has 0 spiro atoms. The number of carboxylic acid groups (broad SMARTS) is 2. The Morgan fingerprint density at radius 1 is 1.00 bits per heavy atom. The Morgan fingerprint density at radius 2 is 1.66 bits per heavy atom. The summed E-state index contributed by atoms with van der Waals surface area (Å²) in [4.78, 5) is 25.0. The summed E-state index contributed by atoms with van der Waals surface area (Å²) < 4.78 is 48.3. The van der Waals surface area contributed by atoms with E-state index in [9.17, 15) is 33.0 Å². The van der Waals surface area contributed by atoms with Crippen LogP contribution in [0.4, 0.5) is 13.2 Å². The van der Waals surface area contributed by atoms with Crippen LogP contribution in [0.3, 0.4) is 0 Å². The lowest BCUT2D eigenvalue weighted by Crippen LogP contribution is -2.41. The number of carboxylic acids is 2. The van der Waals surface area contributed by atoms with Gasteiger partial charge in [-0.05, 0) is 72.9 Å². The predicted molar refractivity (Wildman–Crippen MR) is 123 cm³/mol. The molecule has 190 valence electrons. The first-order valence-electron chi connectivity index (χ1n) is 12.0. The number of aliphatic carboxylic acids is 2. The normalized spacial score (nSPS) is 23.2. The Bertz CT molecular complexity index is 1090. The highest BCUT2D eigenvalue weighted by Crippen LogP contribution is 2.43. The average molecular weight is 494 g/mol. The van der Waals surface area contributed by atoms with Gasteiger partial charge in [-0.15, -0.1) is 0 Å². The number of fused-ring (bicyclic) bond motifs is 1. The van der Waals surface area contributed by atoms with Crippen molar-refractivity contribution in [2.45, 2.75) is 63.8 Å². The molecule has 2 N–H and O–H groups in total. The van der Waals surface area contributed by atoms with E-state index in [0.717, 1.165) is 12.8 Å². The van der Waals surface area contributed by atoms with Crippen LogP contribution in [0.2, 0.25) is 0 Å². The van der Waals surface area contributed by atoms with Crippen molar-refractivity contribution >= 4 is 22.7 Å². The summed E-state index contributed by atoms with van der Waals surface area (Å²) in [5.74, 6) is -2.19. The first kappa shape index (κ1) is 25.3. The molecular weight excluding hydrogens is 463 g/mol. The zero-order valence-electron chi connectivity index (χ0n) is 19.6. The van der Waals surface area contributed by atoms with Gasteiger partial charge in [0.2, 0.25) is 0 Å². The second-order valence-corrected chi connectivity index (χ2v) is 9.81. The molecule has 1 saturated heterocycles. The second kappa shape index (κ2) is 10.0. The van der Waals surface area contributed by atoms with Crippen LogP contribution in [0, 0.1) is 11.8 Å². The molecule has 1 aliphatic heterocycles. The molecule has 2 aromatic rings. The minimum atomic E-state index is -4.64. The van der Waals surface area contributed by atoms with Crippen LogP contribution in [0.5, 0.6) is 5.75 Å². The number of hydrogen-bond acceptors (Lipinski definition) is 4. The maximum Gasteiger partial charge on any atom is 0.420 e. The molecule has 0 radical (unpaired) electrons. The van der Waals surface area contributed by atoms with Gasteiger partial charge in [0.05, 0.1) is 12.0 Å². The van der Waals surface area contributed by atoms with E-state index in [-0.39, 0.29) is 35.7 Å². The molecule has 9 heteroatoms. The van der Waals surface area contributed by atoms with Crippen molar-refractivity contribution in [2.24, 2.45) is 11.8 Å². The molecule has 0 aromatic heterocycles. The number of nitrogens with zero attached hydrogens (tertiary/aromatic N) is 1. The third-order valence-corrected chi connectivity index (χ3v) is 7.34. The maximum absolute atomic E-state index is 14.1. The lowest BCUT2D eigenvalue weighted by molar-refractivity contribution is -0.146. The Morgan fingerprint density at radius 3 is 2.23 bits per heavy atom. The molecule has 1 atom stereocenters. The summed E-state index contributed by atoms with van der Waals surface area (Å²) in [6, 6.07) is 6.04. The van der Waals surface area contributed by atoms with Gasteiger partial charge < -0.3 is 14.9 Å². The predicted octanol–water partition coefficient (Wildman–Crippen LogP) is 5.74. The second-order valence-electron chi connectivity index (χ2n) is 9.81. The highest BCUT2D eigenvalue weighted by atomic mass is 19.4. The fourth-order valence-corrected chi connectivity index (χ4v) is 5.33. The number of rotatable bonds is 6. The number of benzene rings is 2. The maximum atomic E-state index is 14.1. The van der Waals surface area contributed by atoms with Crippen LogP contribution >= 0.6 is 0 Å². The largest absolute Gasteiger partial charge is 0.490 e. The van der Waals surface area contributed by atoms with Crippen LogP contribution < -0.4 is 4.74 Å². The molecule has 35 heavy (non-hydrogen) atoms. The first-order chi connectivity index (χ1) is 16.5. The van der Waals surface area contributed by atoms with Crippen LogP contribution in [0.25, 0.3) is 10.8 Å². The Labute approximate surface area is 201 Å². The fourth-order valence-electron chi connectivity index (χ4n) is 5.33. The van der Waals surface area contributed by atoms with E-state index in [0.29, 0.717) is 37.2 Å². The highest BCUT2D eigenvalue weighted by molar-refractivity contribution is 5.90. The van der Waals surface area contributed by atoms with Gasteiger partial charge in [-0.2, -0.15) is 13.2 Å². The summed E-state index contributed by atoms with van der Waals surface area (Å²) >= 11 is 0. The lowest BCUT2D eigenvalue weighted by Gasteiger charge is -2.34. The van der Waals surface area contributed by atoms with E-state index in [1.807, 2.05) is 0 Å². The third kappa shape index (κ3) is 5.55. The quantitative estimate of drug-likeness (QED) is 0.534. The van der Waals surface area contributed by atoms with Crippen molar-refractivity contribution in [3.63, 3.8) is 0 Å². The highest BCUT2D eigenvalue weighted by Gasteiger charge is 2.38. The number of piperidine rings is 1. The summed E-state index contributed by atoms with van der Waals surface area (Å²) in [6.45, 7) is 2.70. The van der Waals surface area contributed by atoms with Crippen LogP contribution in [0.1, 0.15) is 62.6 Å². The van der Waals surface area contributed by atoms with Gasteiger partial charge in [0.1, 0.15) is 17.4 Å². The summed E-state index contributed by atoms with van der Waals surface area (Å²) in [6.07, 6.45) is -0.968. The molecule has 0 bridgehead atoms. The van der Waals surface area contributed by atoms with Gasteiger partial charge in [-0.25, -0.2) is 0 Å². The molecule has 1 unspecified atom stereocenters. The van der Waals surface area contributed by atoms with Crippen LogP contribution in [-0.4, -0.2) is 46.2 Å². The number of ether oxygens (including phenoxy) is 1. The molecule has 6 nitrogen and oxygen atoms in total. The summed E-state index contributed by atoms with van der Waals surface area (Å²) in [7, 11) is 0. The monoisotopic (exact) mass is 493 g/mol. The summed E-state index contributed by atoms with van der Waals surface area (Å²) in [5, 5.41) is 19.3. The number of hydrogen-bond donors (Lipinski definition) is 2. The molecule has 1 heterocycles. The number of alkyl halides is 3. The van der Waals surface area contributed by atoms with E-state index in [1.54, 1.807) is 11.0 Å². The Kier molecular flexibility index (Phi) is 7.26. The zero-order chi connectivity index (χ0) is 25.3. The zero-order valence-corrected chi connectivity index (χ0v) is 19.6. The molecule has 2 fully saturated rings. The van der Waals surface area contributed by atoms with E-state index >= 15 is 0 Å². The van der Waals surface area contributed by atoms with Gasteiger partial charge >= 0.3 is 18.1 Å². The molecular formula is C26H30F3NO5. The minimum absolute atomic E-state index is 0.0309. The molecule has 2 aliphatic rings. The Balaban J connectivity index is 1.65. The topological polar surface area (TPSA) is 87.1 Å². The van der Waals surface area contributed by atoms with Crippen molar-refractivity contribution in [1.29, 1.82) is 0 Å². The SMILES string of the molecule is CC1CCC(Oc2ccc3cc(C(C(=O)O)N4CCC(C(=O)O)CC4)ccc3c2C(F)(F)F)CC1. The van der Waals surface area contributed by atoms with E-state index in [2.05, 4.69) is 6.92 Å². The van der Waals surface area contributed by atoms with Crippen molar-refractivity contribution in [2.75, 3.05) is 13.1 Å². The standard InChI is InChI=1S/C26H30F3NO5/c1-15-2-6-19(7-3-15)35-21-9-5-17-14-18(4-8-20(17)22(21)26(27,28)29)23(25(33)34)30-12-10-16(11-13-30)24(31)32/h4-5,8-9,14-16,19,23H,2-3,6-7,10-13H2,1H3,(H,31,32)(H,33,34). The van der Waals surface area contributed by atoms with Gasteiger partial charge in [-0.1, -0.05) is 25.1 Å². The molecule has 1 saturated carbocycles. The smallest absolute Gasteiger partial charge is 0.420 e. The molecule has 1 aliphatic carbocycles. The van der Waals surface area contributed by atoms with Crippen molar-refractivity contribution in [3.05, 3.63) is 41.5 Å². The number of likely N-dealkylation sites (tertiary alicyclic amines) is 1. The van der Waals surface area contributed by atoms with Gasteiger partial charge in [0.25, 0.3) is 0 Å². The van der Waals surface area contributed by atoms with E-state index in [1.165, 1.54) is 24.3 Å². The van der Waals surface area contributed by atoms with E-state index in [4.69, 9.17) is 4.74 Å². The average Bonchev–Trinajstić information content (AvgIpc) is 2.80. The Hall–Kier alpha value is -2.81. The molecule has 4 rings (SSSR count).